The van der Waals surface area contributed by atoms with Gasteiger partial charge in [0.15, 0.2) is 0 Å². The third-order valence-electron chi connectivity index (χ3n) is 4.62. The highest BCUT2D eigenvalue weighted by Gasteiger charge is 2.34. The summed E-state index contributed by atoms with van der Waals surface area (Å²) in [5, 5.41) is 3.21. The van der Waals surface area contributed by atoms with E-state index in [-0.39, 0.29) is 5.91 Å². The van der Waals surface area contributed by atoms with E-state index in [4.69, 9.17) is 5.73 Å². The van der Waals surface area contributed by atoms with E-state index in [1.165, 1.54) is 31.5 Å². The molecule has 1 aromatic carbocycles. The van der Waals surface area contributed by atoms with Crippen LogP contribution in [0.1, 0.15) is 28.8 Å². The van der Waals surface area contributed by atoms with Crippen LogP contribution >= 0.6 is 0 Å². The summed E-state index contributed by atoms with van der Waals surface area (Å²) in [6.45, 7) is 4.06. The number of hydrogen-bond donors (Lipinski definition) is 2. The Labute approximate surface area is 120 Å². The lowest BCUT2D eigenvalue weighted by atomic mass is 9.84. The molecular weight excluding hydrogens is 250 g/mol. The molecule has 1 aromatic rings. The fourth-order valence-electron chi connectivity index (χ4n) is 3.37. The fourth-order valence-corrected chi connectivity index (χ4v) is 3.37. The first-order valence-electron chi connectivity index (χ1n) is 7.58. The van der Waals surface area contributed by atoms with Gasteiger partial charge in [0.1, 0.15) is 0 Å². The molecule has 0 aromatic heterocycles. The lowest BCUT2D eigenvalue weighted by Gasteiger charge is -2.44. The first-order chi connectivity index (χ1) is 9.76. The standard InChI is InChI=1S/C16H23N3O/c17-8-5-12-1-3-14(4-2-12)16(20)18-15-11-19-9-6-13(15)7-10-19/h1-4,13,15H,5-11,17H2,(H,18,20). The third-order valence-corrected chi connectivity index (χ3v) is 4.62. The second-order valence-corrected chi connectivity index (χ2v) is 5.95. The van der Waals surface area contributed by atoms with E-state index in [0.717, 1.165) is 18.5 Å². The monoisotopic (exact) mass is 273 g/mol. The third kappa shape index (κ3) is 2.86. The van der Waals surface area contributed by atoms with Gasteiger partial charge in [-0.3, -0.25) is 4.79 Å². The number of nitrogens with one attached hydrogen (secondary N) is 1. The second kappa shape index (κ2) is 5.94. The lowest BCUT2D eigenvalue weighted by Crippen LogP contribution is -2.57. The summed E-state index contributed by atoms with van der Waals surface area (Å²) in [4.78, 5) is 14.8. The van der Waals surface area contributed by atoms with Gasteiger partial charge in [0, 0.05) is 18.2 Å². The highest BCUT2D eigenvalue weighted by molar-refractivity contribution is 5.94. The predicted octanol–water partition coefficient (Wildman–Crippen LogP) is 1.01. The molecule has 3 heterocycles. The molecule has 3 aliphatic heterocycles. The molecule has 2 bridgehead atoms. The number of fused-ring (bicyclic) bond motifs is 3. The number of benzene rings is 1. The molecule has 108 valence electrons. The number of nitrogens with zero attached hydrogens (tertiary/aromatic N) is 1. The summed E-state index contributed by atoms with van der Waals surface area (Å²) >= 11 is 0. The van der Waals surface area contributed by atoms with Crippen LogP contribution in [0.3, 0.4) is 0 Å². The van der Waals surface area contributed by atoms with Gasteiger partial charge < -0.3 is 16.0 Å². The van der Waals surface area contributed by atoms with Crippen molar-refractivity contribution in [3.63, 3.8) is 0 Å². The predicted molar refractivity (Wildman–Crippen MR) is 79.6 cm³/mol. The lowest BCUT2D eigenvalue weighted by molar-refractivity contribution is 0.0620. The minimum Gasteiger partial charge on any atom is -0.348 e. The van der Waals surface area contributed by atoms with E-state index in [1.807, 2.05) is 24.3 Å². The van der Waals surface area contributed by atoms with Gasteiger partial charge in [0.2, 0.25) is 0 Å². The fraction of sp³-hybridized carbons (Fsp3) is 0.562. The second-order valence-electron chi connectivity index (χ2n) is 5.95. The Balaban J connectivity index is 1.61. The van der Waals surface area contributed by atoms with Gasteiger partial charge in [-0.05, 0) is 62.5 Å². The van der Waals surface area contributed by atoms with Crippen molar-refractivity contribution in [2.75, 3.05) is 26.2 Å². The normalized spacial score (nSPS) is 28.4. The summed E-state index contributed by atoms with van der Waals surface area (Å²) in [6, 6.07) is 8.13. The van der Waals surface area contributed by atoms with Crippen LogP contribution in [0.4, 0.5) is 0 Å². The number of hydrogen-bond acceptors (Lipinski definition) is 3. The van der Waals surface area contributed by atoms with Gasteiger partial charge >= 0.3 is 0 Å². The molecule has 0 aliphatic carbocycles. The summed E-state index contributed by atoms with van der Waals surface area (Å²) < 4.78 is 0. The maximum Gasteiger partial charge on any atom is 0.251 e. The molecule has 0 saturated carbocycles. The molecule has 3 fully saturated rings. The molecule has 4 heteroatoms. The van der Waals surface area contributed by atoms with E-state index < -0.39 is 0 Å². The van der Waals surface area contributed by atoms with E-state index in [0.29, 0.717) is 18.5 Å². The van der Waals surface area contributed by atoms with Gasteiger partial charge in [-0.25, -0.2) is 0 Å². The van der Waals surface area contributed by atoms with Crippen LogP contribution in [0.5, 0.6) is 0 Å². The van der Waals surface area contributed by atoms with E-state index in [1.54, 1.807) is 0 Å². The molecule has 3 saturated heterocycles. The smallest absolute Gasteiger partial charge is 0.251 e. The molecule has 1 atom stereocenters. The molecule has 1 unspecified atom stereocenters. The molecule has 1 amide bonds. The summed E-state index contributed by atoms with van der Waals surface area (Å²) in [7, 11) is 0. The van der Waals surface area contributed by atoms with Crippen molar-refractivity contribution in [2.24, 2.45) is 11.7 Å². The quantitative estimate of drug-likeness (QED) is 0.861. The molecule has 0 radical (unpaired) electrons. The topological polar surface area (TPSA) is 58.4 Å². The number of nitrogens with two attached hydrogens (primary N) is 1. The van der Waals surface area contributed by atoms with Crippen LogP contribution in [-0.2, 0) is 6.42 Å². The minimum atomic E-state index is 0.0584. The summed E-state index contributed by atoms with van der Waals surface area (Å²) in [6.07, 6.45) is 3.31. The van der Waals surface area contributed by atoms with E-state index in [2.05, 4.69) is 10.2 Å². The van der Waals surface area contributed by atoms with Crippen molar-refractivity contribution < 1.29 is 4.79 Å². The number of piperidine rings is 3. The highest BCUT2D eigenvalue weighted by atomic mass is 16.1. The number of rotatable bonds is 4. The van der Waals surface area contributed by atoms with Gasteiger partial charge in [-0.1, -0.05) is 12.1 Å². The largest absolute Gasteiger partial charge is 0.348 e. The summed E-state index contributed by atoms with van der Waals surface area (Å²) in [5.41, 5.74) is 7.47. The average Bonchev–Trinajstić information content (AvgIpc) is 2.49. The van der Waals surface area contributed by atoms with Gasteiger partial charge in [-0.15, -0.1) is 0 Å². The molecule has 3 aliphatic rings. The first-order valence-corrected chi connectivity index (χ1v) is 7.58. The van der Waals surface area contributed by atoms with Crippen LogP contribution < -0.4 is 11.1 Å². The van der Waals surface area contributed by atoms with Crippen molar-refractivity contribution in [3.05, 3.63) is 35.4 Å². The van der Waals surface area contributed by atoms with Crippen molar-refractivity contribution >= 4 is 5.91 Å². The van der Waals surface area contributed by atoms with Crippen molar-refractivity contribution in [3.8, 4) is 0 Å². The molecule has 4 nitrogen and oxygen atoms in total. The van der Waals surface area contributed by atoms with Crippen LogP contribution in [0.25, 0.3) is 0 Å². The Morgan fingerprint density at radius 3 is 2.50 bits per heavy atom. The minimum absolute atomic E-state index is 0.0584. The van der Waals surface area contributed by atoms with E-state index >= 15 is 0 Å². The van der Waals surface area contributed by atoms with Crippen molar-refractivity contribution in [1.29, 1.82) is 0 Å². The summed E-state index contributed by atoms with van der Waals surface area (Å²) in [5.74, 6) is 0.725. The SMILES string of the molecule is NCCc1ccc(C(=O)NC2CN3CCC2CC3)cc1. The first kappa shape index (κ1) is 13.6. The van der Waals surface area contributed by atoms with Gasteiger partial charge in [0.05, 0.1) is 0 Å². The molecule has 20 heavy (non-hydrogen) atoms. The maximum atomic E-state index is 12.3. The maximum absolute atomic E-state index is 12.3. The highest BCUT2D eigenvalue weighted by Crippen LogP contribution is 2.27. The Morgan fingerprint density at radius 2 is 1.95 bits per heavy atom. The molecule has 3 N–H and O–H groups in total. The number of amides is 1. The van der Waals surface area contributed by atoms with Crippen LogP contribution in [0.2, 0.25) is 0 Å². The number of carbonyl (C=O) groups is 1. The van der Waals surface area contributed by atoms with Gasteiger partial charge in [-0.2, -0.15) is 0 Å². The van der Waals surface area contributed by atoms with Gasteiger partial charge in [0.25, 0.3) is 5.91 Å². The van der Waals surface area contributed by atoms with Crippen molar-refractivity contribution in [2.45, 2.75) is 25.3 Å². The average molecular weight is 273 g/mol. The Kier molecular flexibility index (Phi) is 4.03. The molecular formula is C16H23N3O. The zero-order valence-electron chi connectivity index (χ0n) is 11.8. The Bertz CT molecular complexity index is 463. The van der Waals surface area contributed by atoms with E-state index in [9.17, 15) is 4.79 Å². The molecule has 4 rings (SSSR count). The van der Waals surface area contributed by atoms with Crippen LogP contribution in [0.15, 0.2) is 24.3 Å². The zero-order chi connectivity index (χ0) is 13.9. The number of carbonyl (C=O) groups excluding carboxylic acids is 1. The van der Waals surface area contributed by atoms with Crippen LogP contribution in [-0.4, -0.2) is 43.0 Å². The molecule has 0 spiro atoms. The zero-order valence-corrected chi connectivity index (χ0v) is 11.8. The Hall–Kier alpha value is -1.39. The Morgan fingerprint density at radius 1 is 1.25 bits per heavy atom. The van der Waals surface area contributed by atoms with Crippen molar-refractivity contribution in [1.82, 2.24) is 10.2 Å². The van der Waals surface area contributed by atoms with Crippen LogP contribution in [0, 0.1) is 5.92 Å².